The Balaban J connectivity index is 1.81. The molecular formula is C15H21N5O. The van der Waals surface area contributed by atoms with Crippen LogP contribution < -0.4 is 15.4 Å². The Morgan fingerprint density at radius 3 is 2.81 bits per heavy atom. The fraction of sp³-hybridized carbons (Fsp3) is 0.467. The van der Waals surface area contributed by atoms with Gasteiger partial charge in [0.25, 0.3) is 0 Å². The first kappa shape index (κ1) is 13.9. The number of piperidine rings is 1. The van der Waals surface area contributed by atoms with Crippen molar-refractivity contribution in [1.82, 2.24) is 15.2 Å². The Morgan fingerprint density at radius 1 is 1.33 bits per heavy atom. The lowest BCUT2D eigenvalue weighted by Crippen LogP contribution is -2.40. The monoisotopic (exact) mass is 287 g/mol. The number of rotatable bonds is 3. The molecule has 1 saturated heterocycles. The van der Waals surface area contributed by atoms with Crippen molar-refractivity contribution >= 4 is 5.95 Å². The summed E-state index contributed by atoms with van der Waals surface area (Å²) in [5.74, 6) is 2.36. The van der Waals surface area contributed by atoms with Crippen LogP contribution in [0.25, 0.3) is 11.4 Å². The van der Waals surface area contributed by atoms with Crippen molar-refractivity contribution in [3.05, 3.63) is 23.8 Å². The highest BCUT2D eigenvalue weighted by molar-refractivity contribution is 5.60. The van der Waals surface area contributed by atoms with Gasteiger partial charge in [-0.15, -0.1) is 5.10 Å². The number of nitrogens with one attached hydrogen (secondary N) is 1. The van der Waals surface area contributed by atoms with E-state index in [9.17, 15) is 0 Å². The van der Waals surface area contributed by atoms with Crippen LogP contribution in [0.2, 0.25) is 0 Å². The number of nitrogens with two attached hydrogens (primary N) is 1. The maximum Gasteiger partial charge on any atom is 0.245 e. The predicted octanol–water partition coefficient (Wildman–Crippen LogP) is 1.72. The van der Waals surface area contributed by atoms with Crippen LogP contribution in [0.15, 0.2) is 18.2 Å². The Morgan fingerprint density at radius 2 is 2.10 bits per heavy atom. The van der Waals surface area contributed by atoms with E-state index in [1.54, 1.807) is 7.11 Å². The highest BCUT2D eigenvalue weighted by Gasteiger charge is 2.19. The van der Waals surface area contributed by atoms with Crippen LogP contribution in [0.1, 0.15) is 18.4 Å². The number of nitrogens with zero attached hydrogens (tertiary/aromatic N) is 3. The van der Waals surface area contributed by atoms with E-state index < -0.39 is 0 Å². The molecule has 21 heavy (non-hydrogen) atoms. The lowest BCUT2D eigenvalue weighted by atomic mass is 10.1. The Labute approximate surface area is 124 Å². The van der Waals surface area contributed by atoms with Gasteiger partial charge >= 0.3 is 0 Å². The first-order valence-corrected chi connectivity index (χ1v) is 7.25. The third-order valence-electron chi connectivity index (χ3n) is 3.98. The average molecular weight is 287 g/mol. The molecule has 0 amide bonds. The highest BCUT2D eigenvalue weighted by Crippen LogP contribution is 2.26. The smallest absolute Gasteiger partial charge is 0.245 e. The maximum atomic E-state index is 5.93. The first-order valence-electron chi connectivity index (χ1n) is 7.25. The molecule has 0 unspecified atom stereocenters. The highest BCUT2D eigenvalue weighted by atomic mass is 16.5. The third kappa shape index (κ3) is 2.85. The molecule has 1 aromatic carbocycles. The first-order chi connectivity index (χ1) is 10.2. The van der Waals surface area contributed by atoms with Crippen molar-refractivity contribution in [3.63, 3.8) is 0 Å². The van der Waals surface area contributed by atoms with Crippen molar-refractivity contribution in [3.8, 4) is 17.1 Å². The number of aromatic amines is 1. The molecule has 1 aliphatic rings. The van der Waals surface area contributed by atoms with Gasteiger partial charge in [0.15, 0.2) is 5.82 Å². The van der Waals surface area contributed by atoms with Gasteiger partial charge in [0, 0.05) is 24.7 Å². The van der Waals surface area contributed by atoms with Crippen LogP contribution in [0.3, 0.4) is 0 Å². The molecule has 0 aliphatic carbocycles. The topological polar surface area (TPSA) is 80.1 Å². The zero-order valence-corrected chi connectivity index (χ0v) is 12.5. The van der Waals surface area contributed by atoms with Crippen molar-refractivity contribution in [2.45, 2.75) is 25.8 Å². The van der Waals surface area contributed by atoms with Crippen molar-refractivity contribution in [2.75, 3.05) is 25.1 Å². The van der Waals surface area contributed by atoms with Crippen molar-refractivity contribution in [2.24, 2.45) is 5.73 Å². The second-order valence-corrected chi connectivity index (χ2v) is 5.49. The van der Waals surface area contributed by atoms with Gasteiger partial charge in [-0.05, 0) is 31.4 Å². The van der Waals surface area contributed by atoms with Gasteiger partial charge in [-0.2, -0.15) is 4.98 Å². The zero-order chi connectivity index (χ0) is 14.8. The summed E-state index contributed by atoms with van der Waals surface area (Å²) in [4.78, 5) is 6.77. The number of H-pyrrole nitrogens is 1. The maximum absolute atomic E-state index is 5.93. The van der Waals surface area contributed by atoms with Crippen molar-refractivity contribution < 1.29 is 4.74 Å². The van der Waals surface area contributed by atoms with E-state index in [1.807, 2.05) is 25.1 Å². The zero-order valence-electron chi connectivity index (χ0n) is 12.5. The number of hydrogen-bond acceptors (Lipinski definition) is 5. The SMILES string of the molecule is COc1cc(-c2nc(N3CCC(N)CC3)n[nH]2)ccc1C. The van der Waals surface area contributed by atoms with Gasteiger partial charge < -0.3 is 15.4 Å². The fourth-order valence-corrected chi connectivity index (χ4v) is 2.59. The molecule has 1 aromatic heterocycles. The molecule has 112 valence electrons. The van der Waals surface area contributed by atoms with E-state index in [0.29, 0.717) is 6.04 Å². The lowest BCUT2D eigenvalue weighted by molar-refractivity contribution is 0.412. The molecule has 1 aliphatic heterocycles. The van der Waals surface area contributed by atoms with Gasteiger partial charge in [-0.25, -0.2) is 0 Å². The minimum absolute atomic E-state index is 0.307. The van der Waals surface area contributed by atoms with Crippen LogP contribution in [-0.2, 0) is 0 Å². The molecule has 0 spiro atoms. The van der Waals surface area contributed by atoms with E-state index >= 15 is 0 Å². The molecular weight excluding hydrogens is 266 g/mol. The molecule has 0 atom stereocenters. The van der Waals surface area contributed by atoms with E-state index in [2.05, 4.69) is 20.1 Å². The molecule has 6 heteroatoms. The molecule has 6 nitrogen and oxygen atoms in total. The Kier molecular flexibility index (Phi) is 3.79. The van der Waals surface area contributed by atoms with E-state index in [0.717, 1.165) is 54.6 Å². The van der Waals surface area contributed by atoms with Crippen LogP contribution in [0, 0.1) is 6.92 Å². The summed E-state index contributed by atoms with van der Waals surface area (Å²) in [6.45, 7) is 3.84. The number of benzene rings is 1. The summed E-state index contributed by atoms with van der Waals surface area (Å²) in [5.41, 5.74) is 8.01. The van der Waals surface area contributed by atoms with E-state index in [1.165, 1.54) is 0 Å². The fourth-order valence-electron chi connectivity index (χ4n) is 2.59. The number of methoxy groups -OCH3 is 1. The summed E-state index contributed by atoms with van der Waals surface area (Å²) in [5, 5.41) is 7.34. The molecule has 3 N–H and O–H groups in total. The Hall–Kier alpha value is -2.08. The minimum Gasteiger partial charge on any atom is -0.496 e. The minimum atomic E-state index is 0.307. The molecule has 0 radical (unpaired) electrons. The van der Waals surface area contributed by atoms with E-state index in [-0.39, 0.29) is 0 Å². The Bertz CT molecular complexity index is 616. The number of aromatic nitrogens is 3. The quantitative estimate of drug-likeness (QED) is 0.898. The number of hydrogen-bond donors (Lipinski definition) is 2. The van der Waals surface area contributed by atoms with Gasteiger partial charge in [0.1, 0.15) is 5.75 Å². The molecule has 2 aromatic rings. The normalized spacial score (nSPS) is 16.2. The van der Waals surface area contributed by atoms with Crippen LogP contribution in [0.4, 0.5) is 5.95 Å². The summed E-state index contributed by atoms with van der Waals surface area (Å²) < 4.78 is 5.36. The van der Waals surface area contributed by atoms with Crippen LogP contribution in [-0.4, -0.2) is 41.4 Å². The summed E-state index contributed by atoms with van der Waals surface area (Å²) >= 11 is 0. The summed E-state index contributed by atoms with van der Waals surface area (Å²) in [6, 6.07) is 6.33. The number of aryl methyl sites for hydroxylation is 1. The second-order valence-electron chi connectivity index (χ2n) is 5.49. The van der Waals surface area contributed by atoms with Gasteiger partial charge in [-0.1, -0.05) is 12.1 Å². The standard InChI is InChI=1S/C15H21N5O/c1-10-3-4-11(9-13(10)21-2)14-17-15(19-18-14)20-7-5-12(16)6-8-20/h3-4,9,12H,5-8,16H2,1-2H3,(H,17,18,19). The number of ether oxygens (including phenoxy) is 1. The van der Waals surface area contributed by atoms with E-state index in [4.69, 9.17) is 10.5 Å². The molecule has 1 fully saturated rings. The molecule has 0 bridgehead atoms. The van der Waals surface area contributed by atoms with Crippen LogP contribution >= 0.6 is 0 Å². The largest absolute Gasteiger partial charge is 0.496 e. The van der Waals surface area contributed by atoms with Gasteiger partial charge in [0.2, 0.25) is 5.95 Å². The van der Waals surface area contributed by atoms with Crippen LogP contribution in [0.5, 0.6) is 5.75 Å². The molecule has 2 heterocycles. The van der Waals surface area contributed by atoms with Gasteiger partial charge in [0.05, 0.1) is 7.11 Å². The van der Waals surface area contributed by atoms with Gasteiger partial charge in [-0.3, -0.25) is 5.10 Å². The summed E-state index contributed by atoms with van der Waals surface area (Å²) in [6.07, 6.45) is 1.98. The summed E-state index contributed by atoms with van der Waals surface area (Å²) in [7, 11) is 1.68. The third-order valence-corrected chi connectivity index (χ3v) is 3.98. The number of anilines is 1. The molecule has 3 rings (SSSR count). The second kappa shape index (κ2) is 5.73. The lowest BCUT2D eigenvalue weighted by Gasteiger charge is -2.28. The molecule has 0 saturated carbocycles. The predicted molar refractivity (Wildman–Crippen MR) is 82.5 cm³/mol. The average Bonchev–Trinajstić information content (AvgIpc) is 2.98. The van der Waals surface area contributed by atoms with Crippen molar-refractivity contribution in [1.29, 1.82) is 0 Å².